The molecule has 2 nitrogen and oxygen atoms in total. The smallest absolute Gasteiger partial charge is 0.256 e. The Morgan fingerprint density at radius 1 is 1.62 bits per heavy atom. The first-order valence-corrected chi connectivity index (χ1v) is 3.02. The summed E-state index contributed by atoms with van der Waals surface area (Å²) >= 11 is 3.69. The highest BCUT2D eigenvalue weighted by molar-refractivity contribution is 7.96. The monoisotopic (exact) mass is 134 g/mol. The van der Waals surface area contributed by atoms with Gasteiger partial charge in [-0.05, 0) is 19.6 Å². The summed E-state index contributed by atoms with van der Waals surface area (Å²) in [5.41, 5.74) is 0. The van der Waals surface area contributed by atoms with Crippen molar-refractivity contribution >= 4 is 17.9 Å². The van der Waals surface area contributed by atoms with Crippen molar-refractivity contribution in [3.05, 3.63) is 0 Å². The van der Waals surface area contributed by atoms with Gasteiger partial charge in [0.2, 0.25) is 0 Å². The summed E-state index contributed by atoms with van der Waals surface area (Å²) in [7, 11) is 3.66. The number of amides is 1. The molecule has 0 aliphatic carbocycles. The molecule has 0 heterocycles. The summed E-state index contributed by atoms with van der Waals surface area (Å²) in [6, 6.07) is 0. The highest BCUT2D eigenvalue weighted by Gasteiger charge is 2.18. The molecule has 3 heteroatoms. The van der Waals surface area contributed by atoms with Crippen LogP contribution in [-0.2, 0) is 0 Å². The Labute approximate surface area is 55.5 Å². The van der Waals surface area contributed by atoms with Gasteiger partial charge in [0, 0.05) is 0 Å². The van der Waals surface area contributed by atoms with Crippen LogP contribution in [-0.4, -0.2) is 30.4 Å². The maximum atomic E-state index is 10.5. The zero-order valence-electron chi connectivity index (χ0n) is 5.51. The van der Waals surface area contributed by atoms with E-state index >= 15 is 0 Å². The molecular formula is C5H12NOS+. The normalized spacial score (nSPS) is 11.5. The SMILES string of the molecule is CC[N+](C)(C)C(=O)S. The quantitative estimate of drug-likeness (QED) is 0.420. The second kappa shape index (κ2) is 2.51. The number of carbonyl (C=O) groups is 1. The van der Waals surface area contributed by atoms with Crippen LogP contribution in [0.4, 0.5) is 4.79 Å². The van der Waals surface area contributed by atoms with Crippen LogP contribution in [0.2, 0.25) is 0 Å². The standard InChI is InChI=1S/C5H11NOS/c1-4-6(2,3)5(7)8/h4H2,1-3H3/p+1. The first-order valence-electron chi connectivity index (χ1n) is 2.57. The molecule has 48 valence electrons. The molecule has 0 saturated carbocycles. The van der Waals surface area contributed by atoms with E-state index in [2.05, 4.69) is 12.6 Å². The molecule has 8 heavy (non-hydrogen) atoms. The lowest BCUT2D eigenvalue weighted by Crippen LogP contribution is -2.41. The third kappa shape index (κ3) is 1.84. The molecule has 0 radical (unpaired) electrons. The van der Waals surface area contributed by atoms with Crippen molar-refractivity contribution in [1.82, 2.24) is 0 Å². The molecule has 0 aromatic heterocycles. The average molecular weight is 134 g/mol. The minimum Gasteiger partial charge on any atom is -0.256 e. The van der Waals surface area contributed by atoms with Gasteiger partial charge in [-0.1, -0.05) is 0 Å². The second-order valence-electron chi connectivity index (χ2n) is 2.28. The Hall–Kier alpha value is -0.0200. The molecule has 1 amide bonds. The van der Waals surface area contributed by atoms with Crippen LogP contribution in [0, 0.1) is 0 Å². The second-order valence-corrected chi connectivity index (χ2v) is 2.67. The largest absolute Gasteiger partial charge is 0.371 e. The summed E-state index contributed by atoms with van der Waals surface area (Å²) in [5, 5.41) is -0.0903. The van der Waals surface area contributed by atoms with Crippen LogP contribution in [0.1, 0.15) is 6.92 Å². The zero-order valence-corrected chi connectivity index (χ0v) is 6.40. The van der Waals surface area contributed by atoms with Crippen molar-refractivity contribution in [1.29, 1.82) is 0 Å². The number of hydrogen-bond donors (Lipinski definition) is 1. The fraction of sp³-hybridized carbons (Fsp3) is 0.800. The van der Waals surface area contributed by atoms with Crippen LogP contribution in [0.25, 0.3) is 0 Å². The summed E-state index contributed by atoms with van der Waals surface area (Å²) in [6.07, 6.45) is 0. The van der Waals surface area contributed by atoms with E-state index in [-0.39, 0.29) is 5.24 Å². The van der Waals surface area contributed by atoms with Gasteiger partial charge in [0.05, 0.1) is 20.6 Å². The van der Waals surface area contributed by atoms with Gasteiger partial charge in [-0.15, -0.1) is 0 Å². The molecule has 0 aromatic carbocycles. The number of thiol groups is 1. The van der Waals surface area contributed by atoms with E-state index in [1.54, 1.807) is 0 Å². The van der Waals surface area contributed by atoms with Gasteiger partial charge in [-0.2, -0.15) is 0 Å². The maximum absolute atomic E-state index is 10.5. The van der Waals surface area contributed by atoms with Gasteiger partial charge in [-0.3, -0.25) is 4.48 Å². The Kier molecular flexibility index (Phi) is 2.50. The van der Waals surface area contributed by atoms with E-state index in [0.717, 1.165) is 6.54 Å². The van der Waals surface area contributed by atoms with Crippen molar-refractivity contribution in [2.75, 3.05) is 20.6 Å². The minimum atomic E-state index is -0.0903. The molecule has 0 aliphatic heterocycles. The van der Waals surface area contributed by atoms with Crippen molar-refractivity contribution in [3.63, 3.8) is 0 Å². The summed E-state index contributed by atoms with van der Waals surface area (Å²) in [6.45, 7) is 2.75. The summed E-state index contributed by atoms with van der Waals surface area (Å²) in [5.74, 6) is 0. The topological polar surface area (TPSA) is 17.1 Å². The average Bonchev–Trinajstić information content (AvgIpc) is 1.67. The van der Waals surface area contributed by atoms with Crippen LogP contribution < -0.4 is 0 Å². The first kappa shape index (κ1) is 7.98. The number of quaternary nitrogens is 1. The Morgan fingerprint density at radius 3 is 2.00 bits per heavy atom. The van der Waals surface area contributed by atoms with Crippen LogP contribution in [0.15, 0.2) is 0 Å². The van der Waals surface area contributed by atoms with E-state index in [0.29, 0.717) is 4.48 Å². The third-order valence-corrected chi connectivity index (χ3v) is 1.85. The fourth-order valence-corrected chi connectivity index (χ4v) is 0.277. The van der Waals surface area contributed by atoms with E-state index in [9.17, 15) is 4.79 Å². The van der Waals surface area contributed by atoms with Crippen molar-refractivity contribution in [3.8, 4) is 0 Å². The molecule has 0 fully saturated rings. The number of nitrogens with zero attached hydrogens (tertiary/aromatic N) is 1. The lowest BCUT2D eigenvalue weighted by atomic mass is 10.6. The van der Waals surface area contributed by atoms with Crippen LogP contribution >= 0.6 is 12.6 Å². The highest BCUT2D eigenvalue weighted by atomic mass is 32.1. The molecule has 0 aromatic rings. The van der Waals surface area contributed by atoms with E-state index < -0.39 is 0 Å². The maximum Gasteiger partial charge on any atom is 0.371 e. The fourth-order valence-electron chi connectivity index (χ4n) is 0.135. The molecule has 0 atom stereocenters. The molecular weight excluding hydrogens is 122 g/mol. The lowest BCUT2D eigenvalue weighted by molar-refractivity contribution is -0.799. The van der Waals surface area contributed by atoms with Crippen LogP contribution in [0.3, 0.4) is 0 Å². The Balaban J connectivity index is 3.91. The van der Waals surface area contributed by atoms with Crippen molar-refractivity contribution in [2.45, 2.75) is 6.92 Å². The number of rotatable bonds is 1. The molecule has 0 aliphatic rings. The van der Waals surface area contributed by atoms with E-state index in [1.807, 2.05) is 21.0 Å². The Bertz CT molecular complexity index is 101. The molecule has 0 spiro atoms. The summed E-state index contributed by atoms with van der Waals surface area (Å²) < 4.78 is 0.350. The summed E-state index contributed by atoms with van der Waals surface area (Å²) in [4.78, 5) is 10.5. The van der Waals surface area contributed by atoms with E-state index in [1.165, 1.54) is 0 Å². The lowest BCUT2D eigenvalue weighted by Gasteiger charge is -2.21. The number of carbonyl (C=O) groups excluding carboxylic acids is 1. The predicted octanol–water partition coefficient (Wildman–Crippen LogP) is 1.13. The van der Waals surface area contributed by atoms with Gasteiger partial charge >= 0.3 is 5.24 Å². The first-order chi connectivity index (χ1) is 3.50. The zero-order chi connectivity index (χ0) is 6.78. The molecule has 0 N–H and O–H groups in total. The minimum absolute atomic E-state index is 0.0903. The molecule has 0 rings (SSSR count). The van der Waals surface area contributed by atoms with Crippen molar-refractivity contribution < 1.29 is 9.28 Å². The van der Waals surface area contributed by atoms with E-state index in [4.69, 9.17) is 0 Å². The van der Waals surface area contributed by atoms with Gasteiger partial charge in [0.1, 0.15) is 0 Å². The predicted molar refractivity (Wildman–Crippen MR) is 37.0 cm³/mol. The molecule has 0 unspecified atom stereocenters. The Morgan fingerprint density at radius 2 is 2.00 bits per heavy atom. The number of hydrogen-bond acceptors (Lipinski definition) is 1. The van der Waals surface area contributed by atoms with Crippen LogP contribution in [0.5, 0.6) is 0 Å². The van der Waals surface area contributed by atoms with Gasteiger partial charge in [-0.25, -0.2) is 4.79 Å². The van der Waals surface area contributed by atoms with Gasteiger partial charge < -0.3 is 0 Å². The molecule has 0 saturated heterocycles. The van der Waals surface area contributed by atoms with Gasteiger partial charge in [0.15, 0.2) is 0 Å². The third-order valence-electron chi connectivity index (χ3n) is 1.31. The van der Waals surface area contributed by atoms with Crippen molar-refractivity contribution in [2.24, 2.45) is 0 Å². The van der Waals surface area contributed by atoms with Gasteiger partial charge in [0.25, 0.3) is 0 Å². The molecule has 0 bridgehead atoms. The highest BCUT2D eigenvalue weighted by Crippen LogP contribution is 2.00.